The SMILES string of the molecule is CC=CC(C)(CN)CCCN.CCCCC(CC)(CN)CCCN. The van der Waals surface area contributed by atoms with Crippen molar-refractivity contribution in [3.8, 4) is 0 Å². The van der Waals surface area contributed by atoms with Gasteiger partial charge in [-0.3, -0.25) is 0 Å². The molecule has 0 aromatic heterocycles. The molecule has 0 radical (unpaired) electrons. The first-order valence-corrected chi connectivity index (χ1v) is 9.87. The summed E-state index contributed by atoms with van der Waals surface area (Å²) in [6.07, 6.45) is 13.7. The number of nitrogens with two attached hydrogens (primary N) is 4. The van der Waals surface area contributed by atoms with E-state index in [1.807, 2.05) is 6.92 Å². The highest BCUT2D eigenvalue weighted by Crippen LogP contribution is 2.32. The Morgan fingerprint density at radius 3 is 1.71 bits per heavy atom. The van der Waals surface area contributed by atoms with Crippen molar-refractivity contribution in [3.05, 3.63) is 12.2 Å². The van der Waals surface area contributed by atoms with Crippen LogP contribution in [0.2, 0.25) is 0 Å². The summed E-state index contributed by atoms with van der Waals surface area (Å²) in [5, 5.41) is 0. The van der Waals surface area contributed by atoms with E-state index in [2.05, 4.69) is 32.9 Å². The van der Waals surface area contributed by atoms with Crippen molar-refractivity contribution in [2.24, 2.45) is 33.8 Å². The van der Waals surface area contributed by atoms with Crippen LogP contribution in [0, 0.1) is 10.8 Å². The van der Waals surface area contributed by atoms with Gasteiger partial charge in [-0.1, -0.05) is 45.8 Å². The van der Waals surface area contributed by atoms with Crippen LogP contribution in [-0.2, 0) is 0 Å². The van der Waals surface area contributed by atoms with Gasteiger partial charge in [0.15, 0.2) is 0 Å². The number of hydrogen-bond donors (Lipinski definition) is 4. The molecule has 0 aromatic rings. The van der Waals surface area contributed by atoms with E-state index in [4.69, 9.17) is 22.9 Å². The molecule has 0 rings (SSSR count). The van der Waals surface area contributed by atoms with Crippen molar-refractivity contribution in [2.75, 3.05) is 26.2 Å². The minimum atomic E-state index is 0.161. The van der Waals surface area contributed by atoms with Gasteiger partial charge in [-0.25, -0.2) is 0 Å². The first-order valence-electron chi connectivity index (χ1n) is 9.87. The Morgan fingerprint density at radius 2 is 1.33 bits per heavy atom. The predicted octanol–water partition coefficient (Wildman–Crippen LogP) is 3.54. The van der Waals surface area contributed by atoms with Crippen molar-refractivity contribution in [3.63, 3.8) is 0 Å². The normalized spacial score (nSPS) is 16.3. The van der Waals surface area contributed by atoms with Gasteiger partial charge in [0.05, 0.1) is 0 Å². The lowest BCUT2D eigenvalue weighted by Gasteiger charge is -2.31. The van der Waals surface area contributed by atoms with E-state index >= 15 is 0 Å². The lowest BCUT2D eigenvalue weighted by molar-refractivity contribution is 0.228. The molecule has 24 heavy (non-hydrogen) atoms. The van der Waals surface area contributed by atoms with E-state index in [9.17, 15) is 0 Å². The van der Waals surface area contributed by atoms with E-state index in [0.717, 1.165) is 38.9 Å². The first kappa shape index (κ1) is 25.8. The molecule has 0 aliphatic rings. The zero-order valence-electron chi connectivity index (χ0n) is 16.9. The minimum absolute atomic E-state index is 0.161. The lowest BCUT2D eigenvalue weighted by atomic mass is 9.76. The largest absolute Gasteiger partial charge is 0.330 e. The van der Waals surface area contributed by atoms with Crippen LogP contribution in [0.3, 0.4) is 0 Å². The van der Waals surface area contributed by atoms with Crippen LogP contribution in [0.5, 0.6) is 0 Å². The summed E-state index contributed by atoms with van der Waals surface area (Å²) in [5.41, 5.74) is 23.0. The number of rotatable bonds is 13. The van der Waals surface area contributed by atoms with Crippen LogP contribution in [0.1, 0.15) is 79.1 Å². The molecule has 146 valence electrons. The second-order valence-electron chi connectivity index (χ2n) is 7.30. The summed E-state index contributed by atoms with van der Waals surface area (Å²) < 4.78 is 0. The van der Waals surface area contributed by atoms with Gasteiger partial charge in [0.2, 0.25) is 0 Å². The third kappa shape index (κ3) is 12.0. The van der Waals surface area contributed by atoms with E-state index < -0.39 is 0 Å². The fourth-order valence-electron chi connectivity index (χ4n) is 3.02. The van der Waals surface area contributed by atoms with Crippen molar-refractivity contribution in [2.45, 2.75) is 79.1 Å². The molecule has 4 heteroatoms. The van der Waals surface area contributed by atoms with Crippen molar-refractivity contribution in [1.29, 1.82) is 0 Å². The number of allylic oxidation sites excluding steroid dienone is 1. The van der Waals surface area contributed by atoms with Gasteiger partial charge in [0.25, 0.3) is 0 Å². The minimum Gasteiger partial charge on any atom is -0.330 e. The Bertz CT molecular complexity index is 277. The molecule has 0 heterocycles. The first-order chi connectivity index (χ1) is 11.4. The Morgan fingerprint density at radius 1 is 0.792 bits per heavy atom. The summed E-state index contributed by atoms with van der Waals surface area (Å²) in [6, 6.07) is 0. The van der Waals surface area contributed by atoms with Crippen molar-refractivity contribution >= 4 is 0 Å². The second-order valence-corrected chi connectivity index (χ2v) is 7.30. The molecule has 0 aliphatic heterocycles. The maximum Gasteiger partial charge on any atom is 0.00115 e. The van der Waals surface area contributed by atoms with E-state index in [0.29, 0.717) is 12.0 Å². The molecule has 0 saturated heterocycles. The molecular weight excluding hydrogens is 296 g/mol. The molecule has 0 amide bonds. The van der Waals surface area contributed by atoms with Gasteiger partial charge in [-0.2, -0.15) is 0 Å². The molecule has 0 aromatic carbocycles. The van der Waals surface area contributed by atoms with Gasteiger partial charge < -0.3 is 22.9 Å². The smallest absolute Gasteiger partial charge is 0.00115 e. The van der Waals surface area contributed by atoms with E-state index in [-0.39, 0.29) is 5.41 Å². The van der Waals surface area contributed by atoms with Crippen LogP contribution in [0.4, 0.5) is 0 Å². The fraction of sp³-hybridized carbons (Fsp3) is 0.900. The summed E-state index contributed by atoms with van der Waals surface area (Å²) in [6.45, 7) is 11.8. The van der Waals surface area contributed by atoms with Gasteiger partial charge in [-0.05, 0) is 75.9 Å². The van der Waals surface area contributed by atoms with Gasteiger partial charge >= 0.3 is 0 Å². The molecular formula is C20H46N4. The van der Waals surface area contributed by atoms with Gasteiger partial charge in [-0.15, -0.1) is 0 Å². The van der Waals surface area contributed by atoms with Crippen LogP contribution in [-0.4, -0.2) is 26.2 Å². The number of unbranched alkanes of at least 4 members (excludes halogenated alkanes) is 1. The molecule has 0 spiro atoms. The third-order valence-corrected chi connectivity index (χ3v) is 5.14. The Balaban J connectivity index is 0. The molecule has 0 bridgehead atoms. The van der Waals surface area contributed by atoms with Crippen molar-refractivity contribution < 1.29 is 0 Å². The van der Waals surface area contributed by atoms with Crippen LogP contribution in [0.25, 0.3) is 0 Å². The Kier molecular flexibility index (Phi) is 17.3. The lowest BCUT2D eigenvalue weighted by Crippen LogP contribution is -2.30. The highest BCUT2D eigenvalue weighted by molar-refractivity contribution is 4.96. The summed E-state index contributed by atoms with van der Waals surface area (Å²) in [4.78, 5) is 0. The van der Waals surface area contributed by atoms with E-state index in [1.54, 1.807) is 0 Å². The molecule has 0 saturated carbocycles. The topological polar surface area (TPSA) is 104 Å². The summed E-state index contributed by atoms with van der Waals surface area (Å²) in [5.74, 6) is 0. The highest BCUT2D eigenvalue weighted by atomic mass is 14.6. The van der Waals surface area contributed by atoms with Gasteiger partial charge in [0.1, 0.15) is 0 Å². The predicted molar refractivity (Wildman–Crippen MR) is 110 cm³/mol. The molecule has 2 unspecified atom stereocenters. The maximum atomic E-state index is 5.86. The quantitative estimate of drug-likeness (QED) is 0.384. The number of hydrogen-bond acceptors (Lipinski definition) is 4. The van der Waals surface area contributed by atoms with Crippen LogP contribution < -0.4 is 22.9 Å². The molecule has 8 N–H and O–H groups in total. The monoisotopic (exact) mass is 342 g/mol. The highest BCUT2D eigenvalue weighted by Gasteiger charge is 2.24. The fourth-order valence-corrected chi connectivity index (χ4v) is 3.02. The molecule has 0 aliphatic carbocycles. The molecule has 0 fully saturated rings. The third-order valence-electron chi connectivity index (χ3n) is 5.14. The van der Waals surface area contributed by atoms with E-state index in [1.165, 1.54) is 32.1 Å². The summed E-state index contributed by atoms with van der Waals surface area (Å²) in [7, 11) is 0. The average Bonchev–Trinajstić information content (AvgIpc) is 2.61. The second kappa shape index (κ2) is 16.1. The summed E-state index contributed by atoms with van der Waals surface area (Å²) >= 11 is 0. The van der Waals surface area contributed by atoms with Crippen LogP contribution in [0.15, 0.2) is 12.2 Å². The standard InChI is InChI=1S/C11H26N2.C9H20N2/c1-3-5-7-11(4-2,10-13)8-6-9-12;1-3-5-9(2,8-11)6-4-7-10/h3-10,12-13H2,1-2H3;3,5H,4,6-8,10-11H2,1-2H3. The molecule has 2 atom stereocenters. The zero-order valence-corrected chi connectivity index (χ0v) is 16.9. The maximum absolute atomic E-state index is 5.86. The zero-order chi connectivity index (χ0) is 18.9. The molecule has 4 nitrogen and oxygen atoms in total. The Hall–Kier alpha value is -0.420. The van der Waals surface area contributed by atoms with Gasteiger partial charge in [0, 0.05) is 6.54 Å². The average molecular weight is 343 g/mol. The van der Waals surface area contributed by atoms with Crippen LogP contribution >= 0.6 is 0 Å². The van der Waals surface area contributed by atoms with Crippen molar-refractivity contribution in [1.82, 2.24) is 0 Å². The Labute approximate surface area is 151 Å².